The predicted octanol–water partition coefficient (Wildman–Crippen LogP) is 5.67. The van der Waals surface area contributed by atoms with Crippen LogP contribution in [0.3, 0.4) is 0 Å². The van der Waals surface area contributed by atoms with Crippen LogP contribution < -0.4 is 16.0 Å². The Hall–Kier alpha value is -3.62. The predicted molar refractivity (Wildman–Crippen MR) is 129 cm³/mol. The summed E-state index contributed by atoms with van der Waals surface area (Å²) in [6.07, 6.45) is -1.60. The Morgan fingerprint density at radius 2 is 1.80 bits per heavy atom. The zero-order valence-electron chi connectivity index (χ0n) is 19.5. The first-order valence-corrected chi connectivity index (χ1v) is 11.5. The maximum Gasteiger partial charge on any atom is 0.433 e. The van der Waals surface area contributed by atoms with Gasteiger partial charge in [0.25, 0.3) is 5.91 Å². The molecule has 184 valence electrons. The fraction of sp³-hybridized carbons (Fsp3) is 0.346. The molecule has 35 heavy (non-hydrogen) atoms. The number of carbonyl (C=O) groups is 2. The maximum absolute atomic E-state index is 13.5. The van der Waals surface area contributed by atoms with Gasteiger partial charge in [-0.3, -0.25) is 9.59 Å². The highest BCUT2D eigenvalue weighted by Gasteiger charge is 2.34. The second-order valence-electron chi connectivity index (χ2n) is 9.01. The molecule has 9 heteroatoms. The molecule has 1 aliphatic carbocycles. The highest BCUT2D eigenvalue weighted by atomic mass is 19.4. The number of benzene rings is 2. The number of rotatable bonds is 5. The molecule has 0 saturated heterocycles. The number of nitrogens with one attached hydrogen (secondary N) is 3. The van der Waals surface area contributed by atoms with Crippen LogP contribution in [0.25, 0.3) is 10.9 Å². The topological polar surface area (TPSA) is 83.1 Å². The first kappa shape index (κ1) is 24.5. The summed E-state index contributed by atoms with van der Waals surface area (Å²) in [6.45, 7) is 3.28. The van der Waals surface area contributed by atoms with Gasteiger partial charge in [0.05, 0.1) is 5.52 Å². The number of aromatic nitrogens is 1. The molecule has 0 bridgehead atoms. The van der Waals surface area contributed by atoms with Crippen LogP contribution in [0.1, 0.15) is 54.2 Å². The number of pyridine rings is 1. The van der Waals surface area contributed by atoms with E-state index in [4.69, 9.17) is 0 Å². The average Bonchev–Trinajstić information content (AvgIpc) is 2.78. The lowest BCUT2D eigenvalue weighted by molar-refractivity contribution is -0.140. The zero-order chi connectivity index (χ0) is 25.2. The highest BCUT2D eigenvalue weighted by Crippen LogP contribution is 2.34. The molecule has 0 spiro atoms. The first-order chi connectivity index (χ1) is 16.6. The van der Waals surface area contributed by atoms with E-state index in [0.29, 0.717) is 28.7 Å². The Morgan fingerprint density at radius 1 is 1.03 bits per heavy atom. The first-order valence-electron chi connectivity index (χ1n) is 11.5. The van der Waals surface area contributed by atoms with Crippen LogP contribution in [0, 0.1) is 6.92 Å². The molecule has 1 heterocycles. The third kappa shape index (κ3) is 6.09. The van der Waals surface area contributed by atoms with Gasteiger partial charge < -0.3 is 16.0 Å². The highest BCUT2D eigenvalue weighted by molar-refractivity contribution is 5.97. The summed E-state index contributed by atoms with van der Waals surface area (Å²) in [7, 11) is 0. The van der Waals surface area contributed by atoms with Crippen molar-refractivity contribution in [3.63, 3.8) is 0 Å². The van der Waals surface area contributed by atoms with Crippen LogP contribution in [0.15, 0.2) is 48.5 Å². The molecule has 3 aromatic rings. The van der Waals surface area contributed by atoms with E-state index in [9.17, 15) is 22.8 Å². The largest absolute Gasteiger partial charge is 0.433 e. The standard InChI is InChI=1S/C26H27F3N4O2/c1-15-9-10-22-21(11-15)23(14-24(33-22)26(27,28)29)31-19-7-4-8-20(13-19)32-25(35)17-5-3-6-18(12-17)30-16(2)34/h3,5-6,9-12,14,19-20H,4,7-8,13H2,1-2H3,(H,30,34)(H,31,33)(H,32,35)/t19-,20+/m0/s1. The molecule has 0 unspecified atom stereocenters. The molecular formula is C26H27F3N4O2. The average molecular weight is 485 g/mol. The summed E-state index contributed by atoms with van der Waals surface area (Å²) >= 11 is 0. The lowest BCUT2D eigenvalue weighted by Crippen LogP contribution is -2.41. The number of aryl methyl sites for hydroxylation is 1. The summed E-state index contributed by atoms with van der Waals surface area (Å²) in [5.74, 6) is -0.483. The molecule has 1 aliphatic rings. The monoisotopic (exact) mass is 484 g/mol. The quantitative estimate of drug-likeness (QED) is 0.436. The fourth-order valence-electron chi connectivity index (χ4n) is 4.49. The van der Waals surface area contributed by atoms with Crippen LogP contribution in [0.2, 0.25) is 0 Å². The summed E-state index contributed by atoms with van der Waals surface area (Å²) in [5, 5.41) is 9.62. The van der Waals surface area contributed by atoms with E-state index in [-0.39, 0.29) is 29.4 Å². The van der Waals surface area contributed by atoms with Crippen molar-refractivity contribution < 1.29 is 22.8 Å². The number of nitrogens with zero attached hydrogens (tertiary/aromatic N) is 1. The Balaban J connectivity index is 1.50. The van der Waals surface area contributed by atoms with Crippen LogP contribution in [-0.4, -0.2) is 28.9 Å². The van der Waals surface area contributed by atoms with Gasteiger partial charge in [-0.15, -0.1) is 0 Å². The molecular weight excluding hydrogens is 457 g/mol. The fourth-order valence-corrected chi connectivity index (χ4v) is 4.49. The number of hydrogen-bond donors (Lipinski definition) is 3. The van der Waals surface area contributed by atoms with Crippen molar-refractivity contribution in [1.29, 1.82) is 0 Å². The van der Waals surface area contributed by atoms with Crippen molar-refractivity contribution in [3.05, 3.63) is 65.4 Å². The molecule has 2 aromatic carbocycles. The van der Waals surface area contributed by atoms with Gasteiger partial charge in [-0.1, -0.05) is 17.7 Å². The SMILES string of the molecule is CC(=O)Nc1cccc(C(=O)N[C@@H]2CCC[C@H](Nc3cc(C(F)(F)F)nc4ccc(C)cc34)C2)c1. The van der Waals surface area contributed by atoms with E-state index in [2.05, 4.69) is 20.9 Å². The van der Waals surface area contributed by atoms with E-state index in [1.54, 1.807) is 36.4 Å². The van der Waals surface area contributed by atoms with Crippen LogP contribution in [-0.2, 0) is 11.0 Å². The van der Waals surface area contributed by atoms with Gasteiger partial charge in [0.15, 0.2) is 0 Å². The third-order valence-corrected chi connectivity index (χ3v) is 6.07. The Kier molecular flexibility index (Phi) is 6.95. The zero-order valence-corrected chi connectivity index (χ0v) is 19.5. The Morgan fingerprint density at radius 3 is 2.54 bits per heavy atom. The van der Waals surface area contributed by atoms with E-state index in [1.807, 2.05) is 13.0 Å². The minimum Gasteiger partial charge on any atom is -0.382 e. The van der Waals surface area contributed by atoms with Crippen molar-refractivity contribution in [3.8, 4) is 0 Å². The van der Waals surface area contributed by atoms with Gasteiger partial charge in [-0.05, 0) is 69.0 Å². The maximum atomic E-state index is 13.5. The Bertz CT molecular complexity index is 1260. The molecule has 1 fully saturated rings. The summed E-state index contributed by atoms with van der Waals surface area (Å²) < 4.78 is 40.4. The molecule has 4 rings (SSSR count). The number of fused-ring (bicyclic) bond motifs is 1. The molecule has 2 atom stereocenters. The summed E-state index contributed by atoms with van der Waals surface area (Å²) in [4.78, 5) is 27.9. The second kappa shape index (κ2) is 9.93. The lowest BCUT2D eigenvalue weighted by atomic mass is 9.90. The second-order valence-corrected chi connectivity index (χ2v) is 9.01. The van der Waals surface area contributed by atoms with Crippen molar-refractivity contribution in [2.45, 2.75) is 57.8 Å². The van der Waals surface area contributed by atoms with Crippen molar-refractivity contribution in [1.82, 2.24) is 10.3 Å². The minimum atomic E-state index is -4.55. The van der Waals surface area contributed by atoms with Gasteiger partial charge in [-0.2, -0.15) is 13.2 Å². The molecule has 0 aliphatic heterocycles. The number of anilines is 2. The molecule has 0 radical (unpaired) electrons. The van der Waals surface area contributed by atoms with E-state index in [0.717, 1.165) is 30.9 Å². The van der Waals surface area contributed by atoms with Gasteiger partial charge in [0.1, 0.15) is 5.69 Å². The van der Waals surface area contributed by atoms with Crippen molar-refractivity contribution in [2.75, 3.05) is 10.6 Å². The molecule has 6 nitrogen and oxygen atoms in total. The van der Waals surface area contributed by atoms with E-state index in [1.165, 1.54) is 6.92 Å². The number of hydrogen-bond acceptors (Lipinski definition) is 4. The molecule has 2 amide bonds. The van der Waals surface area contributed by atoms with Gasteiger partial charge in [-0.25, -0.2) is 4.98 Å². The molecule has 3 N–H and O–H groups in total. The third-order valence-electron chi connectivity index (χ3n) is 6.07. The summed E-state index contributed by atoms with van der Waals surface area (Å²) in [6, 6.07) is 12.7. The van der Waals surface area contributed by atoms with Crippen molar-refractivity contribution >= 4 is 34.1 Å². The normalized spacial score (nSPS) is 18.2. The molecule has 1 aromatic heterocycles. The number of halogens is 3. The smallest absolute Gasteiger partial charge is 0.382 e. The van der Waals surface area contributed by atoms with Crippen LogP contribution in [0.5, 0.6) is 0 Å². The van der Waals surface area contributed by atoms with Crippen LogP contribution >= 0.6 is 0 Å². The lowest BCUT2D eigenvalue weighted by Gasteiger charge is -2.31. The van der Waals surface area contributed by atoms with Gasteiger partial charge in [0, 0.05) is 41.3 Å². The van der Waals surface area contributed by atoms with E-state index < -0.39 is 11.9 Å². The van der Waals surface area contributed by atoms with Gasteiger partial charge in [0.2, 0.25) is 5.91 Å². The minimum absolute atomic E-state index is 0.105. The van der Waals surface area contributed by atoms with E-state index >= 15 is 0 Å². The van der Waals surface area contributed by atoms with Crippen molar-refractivity contribution in [2.24, 2.45) is 0 Å². The molecule has 1 saturated carbocycles. The summed E-state index contributed by atoms with van der Waals surface area (Å²) in [5.41, 5.74) is 1.64. The van der Waals surface area contributed by atoms with Gasteiger partial charge >= 0.3 is 6.18 Å². The van der Waals surface area contributed by atoms with Crippen LogP contribution in [0.4, 0.5) is 24.5 Å². The number of carbonyl (C=O) groups excluding carboxylic acids is 2. The Labute approximate surface area is 201 Å². The number of amides is 2. The number of alkyl halides is 3.